The van der Waals surface area contributed by atoms with Crippen LogP contribution in [0.2, 0.25) is 0 Å². The van der Waals surface area contributed by atoms with E-state index in [9.17, 15) is 98.0 Å². The van der Waals surface area contributed by atoms with Crippen molar-refractivity contribution in [3.8, 4) is 0 Å². The molecule has 0 N–H and O–H groups in total. The average molecular weight is 1220 g/mol. The third kappa shape index (κ3) is 14.1. The van der Waals surface area contributed by atoms with Gasteiger partial charge in [-0.1, -0.05) is 72.8 Å². The van der Waals surface area contributed by atoms with Gasteiger partial charge in [-0.2, -0.15) is 0 Å². The normalized spacial score (nSPS) is 19.8. The molecule has 3 unspecified atom stereocenters. The average Bonchev–Trinajstić information content (AvgIpc) is 3.63. The van der Waals surface area contributed by atoms with Crippen molar-refractivity contribution in [1.29, 1.82) is 0 Å². The van der Waals surface area contributed by atoms with Crippen LogP contribution in [0.25, 0.3) is 0 Å². The number of carbonyl (C=O) groups excluding carboxylic acids is 6. The van der Waals surface area contributed by atoms with E-state index >= 15 is 0 Å². The first kappa shape index (κ1) is 61.8. The van der Waals surface area contributed by atoms with Gasteiger partial charge in [0.05, 0.1) is 14.8 Å². The zero-order chi connectivity index (χ0) is 59.3. The summed E-state index contributed by atoms with van der Waals surface area (Å²) in [4.78, 5) is 103. The molecule has 3 aromatic rings. The quantitative estimate of drug-likeness (QED) is 0.107. The molecule has 34 heteroatoms. The molecule has 1 radical (unpaired) electrons. The summed E-state index contributed by atoms with van der Waals surface area (Å²) in [7, 11) is -15.5. The van der Waals surface area contributed by atoms with Crippen molar-refractivity contribution in [3.63, 3.8) is 0 Å². The van der Waals surface area contributed by atoms with E-state index in [4.69, 9.17) is 0 Å². The molecule has 3 aromatic carbocycles. The fourth-order valence-corrected chi connectivity index (χ4v) is 9.85. The van der Waals surface area contributed by atoms with E-state index < -0.39 is 130 Å². The number of nitrogens with zero attached hydrogens (tertiary/aromatic N) is 9. The molecule has 0 heterocycles. The predicted molar refractivity (Wildman–Crippen MR) is 267 cm³/mol. The van der Waals surface area contributed by atoms with Gasteiger partial charge in [0.1, 0.15) is 80.3 Å². The number of carbonyl (C=O) groups is 6. The number of rotatable bonds is 12. The zero-order valence-electron chi connectivity index (χ0n) is 40.7. The third-order valence-electron chi connectivity index (χ3n) is 11.7. The monoisotopic (exact) mass is 1220 g/mol. The van der Waals surface area contributed by atoms with Gasteiger partial charge >= 0.3 is 17.4 Å². The number of ketones is 6. The second-order valence-electron chi connectivity index (χ2n) is 16.9. The second kappa shape index (κ2) is 25.0. The first-order valence-electron chi connectivity index (χ1n) is 22.5. The van der Waals surface area contributed by atoms with Crippen molar-refractivity contribution in [1.82, 2.24) is 0 Å². The van der Waals surface area contributed by atoms with Crippen LogP contribution in [-0.4, -0.2) is 104 Å². The standard InChI is InChI=1S/3C16H11N3O7S.Cr/c3*20-15-11-4-2-1-3-9(11)5-6-12(15)17-18-13-7-10(19(22)23)8-14(16(13)21)27(24,25)26;/h3*1-4,6-8,14H,5H2,(H,24,25,26);/q;;;+3/p-3. The van der Waals surface area contributed by atoms with Crippen molar-refractivity contribution in [3.05, 3.63) is 242 Å². The van der Waals surface area contributed by atoms with Crippen molar-refractivity contribution >= 4 is 65.1 Å². The third-order valence-corrected chi connectivity index (χ3v) is 14.7. The number of allylic oxidation sites excluding steroid dienone is 12. The maximum absolute atomic E-state index is 12.4. The Kier molecular flexibility index (Phi) is 18.8. The van der Waals surface area contributed by atoms with Crippen molar-refractivity contribution < 1.29 is 99.8 Å². The summed E-state index contributed by atoms with van der Waals surface area (Å²) in [5.74, 6) is -5.11. The minimum Gasteiger partial charge on any atom is -0.747 e. The molecule has 0 saturated carbocycles. The Hall–Kier alpha value is -9.40. The maximum Gasteiger partial charge on any atom is 3.00 e. The van der Waals surface area contributed by atoms with Gasteiger partial charge in [0.15, 0.2) is 0 Å². The van der Waals surface area contributed by atoms with Crippen LogP contribution in [0.4, 0.5) is 0 Å². The number of benzene rings is 3. The van der Waals surface area contributed by atoms with Crippen LogP contribution in [0.5, 0.6) is 0 Å². The summed E-state index contributed by atoms with van der Waals surface area (Å²) >= 11 is 0. The van der Waals surface area contributed by atoms with Gasteiger partial charge in [-0.15, -0.1) is 30.7 Å². The molecule has 0 aromatic heterocycles. The Morgan fingerprint density at radius 2 is 0.598 bits per heavy atom. The topological polar surface area (TPSA) is 478 Å². The van der Waals surface area contributed by atoms with E-state index in [0.29, 0.717) is 72.4 Å². The number of hydrogen-bond acceptors (Lipinski definition) is 27. The Morgan fingerprint density at radius 3 is 0.817 bits per heavy atom. The molecule has 9 rings (SSSR count). The van der Waals surface area contributed by atoms with Crippen LogP contribution in [0.15, 0.2) is 209 Å². The van der Waals surface area contributed by atoms with Gasteiger partial charge in [0, 0.05) is 53.1 Å². The first-order chi connectivity index (χ1) is 38.0. The molecule has 6 aliphatic carbocycles. The van der Waals surface area contributed by atoms with Gasteiger partial charge in [0.25, 0.3) is 17.1 Å². The zero-order valence-corrected chi connectivity index (χ0v) is 44.4. The number of nitro groups is 3. The molecular formula is C48H30CrN9O21S3. The van der Waals surface area contributed by atoms with E-state index in [1.807, 2.05) is 0 Å². The van der Waals surface area contributed by atoms with Gasteiger partial charge < -0.3 is 13.7 Å². The molecule has 0 aliphatic heterocycles. The number of hydrogen-bond donors (Lipinski definition) is 0. The molecule has 0 amide bonds. The van der Waals surface area contributed by atoms with Crippen LogP contribution in [0.3, 0.4) is 0 Å². The smallest absolute Gasteiger partial charge is 0.747 e. The summed E-state index contributed by atoms with van der Waals surface area (Å²) in [5.41, 5.74) is -1.13. The first-order valence-corrected chi connectivity index (χ1v) is 26.9. The number of azo groups is 3. The largest absolute Gasteiger partial charge is 3.00 e. The van der Waals surface area contributed by atoms with Crippen LogP contribution >= 0.6 is 0 Å². The fourth-order valence-electron chi connectivity index (χ4n) is 7.78. The predicted octanol–water partition coefficient (Wildman–Crippen LogP) is 3.91. The summed E-state index contributed by atoms with van der Waals surface area (Å²) in [6.45, 7) is 0. The molecule has 0 saturated heterocycles. The van der Waals surface area contributed by atoms with Gasteiger partial charge in [-0.25, -0.2) is 25.3 Å². The molecule has 417 valence electrons. The Morgan fingerprint density at radius 1 is 0.378 bits per heavy atom. The van der Waals surface area contributed by atoms with E-state index in [1.165, 1.54) is 18.2 Å². The minimum absolute atomic E-state index is 0. The van der Waals surface area contributed by atoms with E-state index in [2.05, 4.69) is 30.7 Å². The molecular weight excluding hydrogens is 1190 g/mol. The number of fused-ring (bicyclic) bond motifs is 3. The molecule has 0 spiro atoms. The molecule has 30 nitrogen and oxygen atoms in total. The minimum atomic E-state index is -5.17. The number of Topliss-reactive ketones (excluding diaryl/α,β-unsaturated/α-hetero) is 6. The van der Waals surface area contributed by atoms with Crippen molar-refractivity contribution in [2.24, 2.45) is 30.7 Å². The summed E-state index contributed by atoms with van der Waals surface area (Å²) in [6, 6.07) is 20.4. The fraction of sp³-hybridized carbons (Fsp3) is 0.125. The Labute approximate surface area is 470 Å². The molecule has 0 bridgehead atoms. The summed E-state index contributed by atoms with van der Waals surface area (Å²) < 4.78 is 101. The molecule has 0 fully saturated rings. The van der Waals surface area contributed by atoms with E-state index in [-0.39, 0.29) is 34.5 Å². The summed E-state index contributed by atoms with van der Waals surface area (Å²) in [5, 5.41) is 47.4. The molecule has 82 heavy (non-hydrogen) atoms. The maximum atomic E-state index is 12.4. The SMILES string of the molecule is O=C1C(N=NC2=CC([N+](=O)[O-])=CC(S(=O)(=O)[O-])C2=O)=CCc2ccccc21.O=C1C(N=NC2=CC([N+](=O)[O-])=CC(S(=O)(=O)[O-])C2=O)=CCc2ccccc21.O=C1C(N=NC2=CC([N+](=O)[O-])=CC(S(=O)(=O)[O-])C2=O)=CCc2ccccc21.[Cr+3]. The van der Waals surface area contributed by atoms with Crippen LogP contribution < -0.4 is 0 Å². The van der Waals surface area contributed by atoms with Gasteiger partial charge in [-0.3, -0.25) is 59.1 Å². The van der Waals surface area contributed by atoms with Gasteiger partial charge in [0.2, 0.25) is 34.7 Å². The van der Waals surface area contributed by atoms with Crippen molar-refractivity contribution in [2.45, 2.75) is 35.0 Å². The van der Waals surface area contributed by atoms with Gasteiger partial charge in [-0.05, 0) is 54.2 Å². The van der Waals surface area contributed by atoms with E-state index in [0.717, 1.165) is 16.7 Å². The second-order valence-corrected chi connectivity index (χ2v) is 21.4. The molecule has 3 atom stereocenters. The van der Waals surface area contributed by atoms with Crippen LogP contribution in [-0.2, 0) is 81.4 Å². The Balaban J connectivity index is 0.000000197. The Bertz CT molecular complexity index is 3720. The molecule has 6 aliphatic rings. The van der Waals surface area contributed by atoms with Crippen LogP contribution in [0, 0.1) is 30.3 Å². The van der Waals surface area contributed by atoms with E-state index in [1.54, 1.807) is 72.8 Å². The summed E-state index contributed by atoms with van der Waals surface area (Å²) in [6.07, 6.45) is 9.03. The van der Waals surface area contributed by atoms with Crippen LogP contribution in [0.1, 0.15) is 47.8 Å². The van der Waals surface area contributed by atoms with Crippen molar-refractivity contribution in [2.75, 3.05) is 0 Å².